The molecule has 0 atom stereocenters. The average Bonchev–Trinajstić information content (AvgIpc) is 3.03. The molecule has 3 aromatic rings. The van der Waals surface area contributed by atoms with Crippen molar-refractivity contribution in [3.8, 4) is 11.5 Å². The van der Waals surface area contributed by atoms with Gasteiger partial charge in [-0.25, -0.2) is 4.39 Å². The molecule has 0 aliphatic carbocycles. The van der Waals surface area contributed by atoms with Gasteiger partial charge >= 0.3 is 5.69 Å². The standard InChI is InChI=1S/C15H10F2N4O3/c16-10-3-1-9(2-4-10)15-20-19-14(24-15)8-18-11-5-6-12(17)13(7-11)21(22)23/h1-7,18H,8H2. The first-order valence-corrected chi connectivity index (χ1v) is 6.79. The van der Waals surface area contributed by atoms with Gasteiger partial charge in [-0.2, -0.15) is 4.39 Å². The molecule has 0 bridgehead atoms. The Kier molecular flexibility index (Phi) is 4.15. The number of anilines is 1. The lowest BCUT2D eigenvalue weighted by Gasteiger charge is -2.03. The third-order valence-electron chi connectivity index (χ3n) is 3.14. The maximum atomic E-state index is 13.3. The molecule has 0 aliphatic heterocycles. The van der Waals surface area contributed by atoms with Crippen molar-refractivity contribution in [1.29, 1.82) is 0 Å². The Morgan fingerprint density at radius 3 is 2.58 bits per heavy atom. The number of benzene rings is 2. The van der Waals surface area contributed by atoms with E-state index in [2.05, 4.69) is 15.5 Å². The summed E-state index contributed by atoms with van der Waals surface area (Å²) in [5.41, 5.74) is 0.273. The van der Waals surface area contributed by atoms with Crippen molar-refractivity contribution in [2.75, 3.05) is 5.32 Å². The molecule has 0 fully saturated rings. The lowest BCUT2D eigenvalue weighted by atomic mass is 10.2. The maximum absolute atomic E-state index is 13.3. The molecule has 0 spiro atoms. The van der Waals surface area contributed by atoms with Gasteiger partial charge in [0.1, 0.15) is 5.82 Å². The maximum Gasteiger partial charge on any atom is 0.306 e. The second kappa shape index (κ2) is 6.41. The highest BCUT2D eigenvalue weighted by atomic mass is 19.1. The van der Waals surface area contributed by atoms with E-state index in [-0.39, 0.29) is 24.1 Å². The number of nitro benzene ring substituents is 1. The monoisotopic (exact) mass is 332 g/mol. The van der Waals surface area contributed by atoms with Crippen molar-refractivity contribution in [3.05, 3.63) is 70.1 Å². The van der Waals surface area contributed by atoms with Gasteiger partial charge in [-0.1, -0.05) is 0 Å². The molecule has 7 nitrogen and oxygen atoms in total. The quantitative estimate of drug-likeness (QED) is 0.567. The van der Waals surface area contributed by atoms with Gasteiger partial charge in [0.05, 0.1) is 11.5 Å². The van der Waals surface area contributed by atoms with Gasteiger partial charge in [0.15, 0.2) is 0 Å². The van der Waals surface area contributed by atoms with Crippen LogP contribution in [-0.4, -0.2) is 15.1 Å². The highest BCUT2D eigenvalue weighted by molar-refractivity contribution is 5.53. The molecule has 122 valence electrons. The Morgan fingerprint density at radius 2 is 1.88 bits per heavy atom. The smallest absolute Gasteiger partial charge is 0.306 e. The van der Waals surface area contributed by atoms with Gasteiger partial charge in [0.2, 0.25) is 17.6 Å². The SMILES string of the molecule is O=[N+]([O-])c1cc(NCc2nnc(-c3ccc(F)cc3)o2)ccc1F. The number of aromatic nitrogens is 2. The number of nitro groups is 1. The van der Waals surface area contributed by atoms with E-state index in [1.807, 2.05) is 0 Å². The summed E-state index contributed by atoms with van der Waals surface area (Å²) in [4.78, 5) is 9.90. The predicted octanol–water partition coefficient (Wildman–Crippen LogP) is 3.54. The Bertz CT molecular complexity index is 881. The van der Waals surface area contributed by atoms with Crippen LogP contribution < -0.4 is 5.32 Å². The van der Waals surface area contributed by atoms with E-state index in [1.165, 1.54) is 30.3 Å². The lowest BCUT2D eigenvalue weighted by Crippen LogP contribution is -2.01. The zero-order chi connectivity index (χ0) is 17.1. The molecule has 0 aliphatic rings. The Labute approximate surface area is 134 Å². The van der Waals surface area contributed by atoms with Gasteiger partial charge in [-0.05, 0) is 36.4 Å². The van der Waals surface area contributed by atoms with Gasteiger partial charge in [0.25, 0.3) is 0 Å². The van der Waals surface area contributed by atoms with Gasteiger partial charge in [-0.3, -0.25) is 10.1 Å². The molecule has 0 radical (unpaired) electrons. The predicted molar refractivity (Wildman–Crippen MR) is 80.1 cm³/mol. The summed E-state index contributed by atoms with van der Waals surface area (Å²) in [6.45, 7) is 0.0942. The molecule has 2 aromatic carbocycles. The summed E-state index contributed by atoms with van der Waals surface area (Å²) in [6.07, 6.45) is 0. The molecule has 0 saturated heterocycles. The van der Waals surface area contributed by atoms with Gasteiger partial charge < -0.3 is 9.73 Å². The molecule has 0 unspecified atom stereocenters. The van der Waals surface area contributed by atoms with Crippen LogP contribution in [0, 0.1) is 21.7 Å². The summed E-state index contributed by atoms with van der Waals surface area (Å²) in [5.74, 6) is -0.849. The van der Waals surface area contributed by atoms with Crippen molar-refractivity contribution in [1.82, 2.24) is 10.2 Å². The topological polar surface area (TPSA) is 94.1 Å². The van der Waals surface area contributed by atoms with Crippen LogP contribution in [-0.2, 0) is 6.54 Å². The molecular weight excluding hydrogens is 322 g/mol. The Balaban J connectivity index is 1.71. The fraction of sp³-hybridized carbons (Fsp3) is 0.0667. The molecule has 3 rings (SSSR count). The van der Waals surface area contributed by atoms with Crippen LogP contribution >= 0.6 is 0 Å². The molecule has 0 amide bonds. The number of hydrogen-bond donors (Lipinski definition) is 1. The molecule has 24 heavy (non-hydrogen) atoms. The van der Waals surface area contributed by atoms with Crippen molar-refractivity contribution >= 4 is 11.4 Å². The number of hydrogen-bond acceptors (Lipinski definition) is 6. The second-order valence-electron chi connectivity index (χ2n) is 4.78. The molecule has 9 heteroatoms. The second-order valence-corrected chi connectivity index (χ2v) is 4.78. The summed E-state index contributed by atoms with van der Waals surface area (Å²) >= 11 is 0. The van der Waals surface area contributed by atoms with E-state index in [0.29, 0.717) is 11.3 Å². The minimum atomic E-state index is -0.915. The van der Waals surface area contributed by atoms with Crippen LogP contribution in [0.1, 0.15) is 5.89 Å². The van der Waals surface area contributed by atoms with Crippen LogP contribution in [0.4, 0.5) is 20.2 Å². The average molecular weight is 332 g/mol. The molecule has 1 aromatic heterocycles. The Hall–Kier alpha value is -3.36. The summed E-state index contributed by atoms with van der Waals surface area (Å²) in [6, 6.07) is 8.99. The first-order valence-electron chi connectivity index (χ1n) is 6.79. The normalized spacial score (nSPS) is 10.6. The van der Waals surface area contributed by atoms with E-state index in [1.54, 1.807) is 0 Å². The fourth-order valence-corrected chi connectivity index (χ4v) is 1.97. The molecule has 1 N–H and O–H groups in total. The minimum absolute atomic E-state index is 0.0942. The number of rotatable bonds is 5. The zero-order valence-corrected chi connectivity index (χ0v) is 12.1. The van der Waals surface area contributed by atoms with Crippen LogP contribution in [0.2, 0.25) is 0 Å². The van der Waals surface area contributed by atoms with E-state index in [4.69, 9.17) is 4.42 Å². The summed E-state index contributed by atoms with van der Waals surface area (Å²) < 4.78 is 31.6. The van der Waals surface area contributed by atoms with Crippen molar-refractivity contribution in [2.24, 2.45) is 0 Å². The number of halogens is 2. The van der Waals surface area contributed by atoms with Crippen molar-refractivity contribution in [2.45, 2.75) is 6.54 Å². The minimum Gasteiger partial charge on any atom is -0.419 e. The van der Waals surface area contributed by atoms with E-state index in [0.717, 1.165) is 12.1 Å². The third kappa shape index (κ3) is 3.35. The van der Waals surface area contributed by atoms with Crippen LogP contribution in [0.3, 0.4) is 0 Å². The number of nitrogens with zero attached hydrogens (tertiary/aromatic N) is 3. The van der Waals surface area contributed by atoms with Crippen LogP contribution in [0.5, 0.6) is 0 Å². The summed E-state index contributed by atoms with van der Waals surface area (Å²) in [7, 11) is 0. The van der Waals surface area contributed by atoms with Crippen LogP contribution in [0.15, 0.2) is 46.9 Å². The first-order chi connectivity index (χ1) is 11.5. The van der Waals surface area contributed by atoms with Crippen molar-refractivity contribution < 1.29 is 18.1 Å². The highest BCUT2D eigenvalue weighted by Crippen LogP contribution is 2.22. The van der Waals surface area contributed by atoms with Gasteiger partial charge in [-0.15, -0.1) is 10.2 Å². The molecule has 0 saturated carbocycles. The summed E-state index contributed by atoms with van der Waals surface area (Å²) in [5, 5.41) is 21.2. The lowest BCUT2D eigenvalue weighted by molar-refractivity contribution is -0.387. The van der Waals surface area contributed by atoms with E-state index in [9.17, 15) is 18.9 Å². The van der Waals surface area contributed by atoms with Crippen molar-refractivity contribution in [3.63, 3.8) is 0 Å². The Morgan fingerprint density at radius 1 is 1.12 bits per heavy atom. The zero-order valence-electron chi connectivity index (χ0n) is 12.1. The first kappa shape index (κ1) is 15.5. The third-order valence-corrected chi connectivity index (χ3v) is 3.14. The molecular formula is C15H10F2N4O3. The fourth-order valence-electron chi connectivity index (χ4n) is 1.97. The number of nitrogens with one attached hydrogen (secondary N) is 1. The van der Waals surface area contributed by atoms with Crippen LogP contribution in [0.25, 0.3) is 11.5 Å². The largest absolute Gasteiger partial charge is 0.419 e. The highest BCUT2D eigenvalue weighted by Gasteiger charge is 2.15. The van der Waals surface area contributed by atoms with Gasteiger partial charge in [0, 0.05) is 17.3 Å². The van der Waals surface area contributed by atoms with E-state index >= 15 is 0 Å². The molecule has 1 heterocycles. The van der Waals surface area contributed by atoms with E-state index < -0.39 is 16.4 Å².